The van der Waals surface area contributed by atoms with E-state index in [9.17, 15) is 0 Å². The molecule has 16 atom stereocenters. The van der Waals surface area contributed by atoms with Crippen molar-refractivity contribution in [1.82, 2.24) is 21.3 Å². The second-order valence-electron chi connectivity index (χ2n) is 10.9. The third kappa shape index (κ3) is 9.70. The number of hydrogen-bond acceptors (Lipinski definition) is 16. The van der Waals surface area contributed by atoms with Crippen LogP contribution in [0, 0.1) is 0 Å². The van der Waals surface area contributed by atoms with Crippen molar-refractivity contribution in [2.45, 2.75) is 125 Å². The number of aliphatic hydroxyl groups is 12. The first kappa shape index (κ1) is 37.4. The maximum atomic E-state index is 9.16. The van der Waals surface area contributed by atoms with E-state index in [-0.39, 0.29) is 74.8 Å². The summed E-state index contributed by atoms with van der Waals surface area (Å²) in [6.45, 7) is 6.52. The highest BCUT2D eigenvalue weighted by Crippen LogP contribution is 2.15. The number of nitrogens with one attached hydrogen (secondary N) is 4. The first-order valence-corrected chi connectivity index (χ1v) is 13.6. The van der Waals surface area contributed by atoms with Gasteiger partial charge in [-0.1, -0.05) is 0 Å². The molecule has 0 amide bonds. The molecule has 0 aromatic rings. The van der Waals surface area contributed by atoms with Gasteiger partial charge >= 0.3 is 0 Å². The topological polar surface area (TPSA) is 291 Å². The average molecular weight is 589 g/mol. The fraction of sp³-hybridized carbons (Fsp3) is 1.00. The zero-order valence-corrected chi connectivity index (χ0v) is 23.4. The molecule has 0 aromatic carbocycles. The summed E-state index contributed by atoms with van der Waals surface area (Å²) in [6.07, 6.45) is -6.34. The Kier molecular flexibility index (Phi) is 16.3. The van der Waals surface area contributed by atoms with Crippen LogP contribution < -0.4 is 21.3 Å². The molecule has 16 heteroatoms. The van der Waals surface area contributed by atoms with E-state index in [4.69, 9.17) is 61.3 Å². The highest BCUT2D eigenvalue weighted by Gasteiger charge is 2.40. The molecule has 8 unspecified atom stereocenters. The summed E-state index contributed by atoms with van der Waals surface area (Å²) in [5.41, 5.74) is 0. The molecule has 240 valence electrons. The van der Waals surface area contributed by atoms with Crippen molar-refractivity contribution in [3.8, 4) is 0 Å². The van der Waals surface area contributed by atoms with E-state index in [1.807, 2.05) is 0 Å². The van der Waals surface area contributed by atoms with Crippen LogP contribution in [0.15, 0.2) is 0 Å². The van der Waals surface area contributed by atoms with Gasteiger partial charge in [-0.3, -0.25) is 0 Å². The minimum absolute atomic E-state index is 0.132. The maximum Gasteiger partial charge on any atom is 0.0989 e. The number of aliphatic hydroxyl groups excluding tert-OH is 12. The first-order valence-electron chi connectivity index (χ1n) is 13.6. The minimum atomic E-state index is -0.833. The molecule has 0 aliphatic carbocycles. The molecule has 40 heavy (non-hydrogen) atoms. The van der Waals surface area contributed by atoms with Crippen LogP contribution in [0.3, 0.4) is 0 Å². The van der Waals surface area contributed by atoms with Gasteiger partial charge in [-0.15, -0.1) is 0 Å². The third-order valence-electron chi connectivity index (χ3n) is 7.79. The van der Waals surface area contributed by atoms with Crippen LogP contribution >= 0.6 is 0 Å². The van der Waals surface area contributed by atoms with E-state index >= 15 is 0 Å². The fourth-order valence-corrected chi connectivity index (χ4v) is 4.92. The first-order chi connectivity index (χ1) is 18.7. The van der Waals surface area contributed by atoms with Gasteiger partial charge < -0.3 is 82.5 Å². The Labute approximate surface area is 234 Å². The second kappa shape index (κ2) is 17.5. The van der Waals surface area contributed by atoms with Crippen LogP contribution in [0.25, 0.3) is 0 Å². The van der Waals surface area contributed by atoms with Gasteiger partial charge in [0, 0.05) is 24.2 Å². The van der Waals surface area contributed by atoms with Crippen LogP contribution in [0.1, 0.15) is 27.7 Å². The molecular weight excluding hydrogens is 536 g/mol. The lowest BCUT2D eigenvalue weighted by Gasteiger charge is -2.11. The van der Waals surface area contributed by atoms with Crippen molar-refractivity contribution in [2.24, 2.45) is 0 Å². The van der Waals surface area contributed by atoms with Crippen LogP contribution in [0.4, 0.5) is 0 Å². The molecule has 4 aliphatic rings. The lowest BCUT2D eigenvalue weighted by atomic mass is 10.1. The SMILES string of the molecule is C[C@@H]1N[C@@H](CO)C(O)C1O.C[C@@H]1N[C@H](CO)C(O)C1O.C[C@H]1N[C@@H](CO)C(O)C1O.C[C@H]1N[C@H](CO)C(O)C1O. The fourth-order valence-electron chi connectivity index (χ4n) is 4.92. The summed E-state index contributed by atoms with van der Waals surface area (Å²) in [5, 5.41) is 119. The van der Waals surface area contributed by atoms with Gasteiger partial charge in [0.15, 0.2) is 0 Å². The molecular formula is C24H52N4O12. The van der Waals surface area contributed by atoms with Gasteiger partial charge in [-0.05, 0) is 27.7 Å². The average Bonchev–Trinajstić information content (AvgIpc) is 3.55. The number of hydrogen-bond donors (Lipinski definition) is 16. The summed E-state index contributed by atoms with van der Waals surface area (Å²) in [7, 11) is 0. The Morgan fingerprint density at radius 2 is 0.475 bits per heavy atom. The van der Waals surface area contributed by atoms with Crippen molar-refractivity contribution in [1.29, 1.82) is 0 Å². The molecule has 4 heterocycles. The van der Waals surface area contributed by atoms with Crippen molar-refractivity contribution >= 4 is 0 Å². The maximum absolute atomic E-state index is 9.16. The Bertz CT molecular complexity index is 590. The monoisotopic (exact) mass is 588 g/mol. The van der Waals surface area contributed by atoms with Gasteiger partial charge in [0.2, 0.25) is 0 Å². The van der Waals surface area contributed by atoms with Crippen molar-refractivity contribution in [2.75, 3.05) is 26.4 Å². The summed E-state index contributed by atoms with van der Waals surface area (Å²) in [6, 6.07) is -2.01. The predicted molar refractivity (Wildman–Crippen MR) is 142 cm³/mol. The predicted octanol–water partition coefficient (Wildman–Crippen LogP) is -7.76. The van der Waals surface area contributed by atoms with Crippen LogP contribution in [0.5, 0.6) is 0 Å². The highest BCUT2D eigenvalue weighted by atomic mass is 16.4. The Hall–Kier alpha value is -0.640. The van der Waals surface area contributed by atoms with Crippen LogP contribution in [-0.2, 0) is 0 Å². The van der Waals surface area contributed by atoms with Gasteiger partial charge in [0.25, 0.3) is 0 Å². The van der Waals surface area contributed by atoms with E-state index in [0.717, 1.165) is 0 Å². The summed E-state index contributed by atoms with van der Waals surface area (Å²) < 4.78 is 0. The van der Waals surface area contributed by atoms with Gasteiger partial charge in [0.05, 0.1) is 99.4 Å². The van der Waals surface area contributed by atoms with E-state index in [0.29, 0.717) is 0 Å². The van der Waals surface area contributed by atoms with E-state index in [2.05, 4.69) is 21.3 Å². The van der Waals surface area contributed by atoms with E-state index < -0.39 is 48.8 Å². The zero-order valence-electron chi connectivity index (χ0n) is 23.4. The normalized spacial score (nSPS) is 48.0. The van der Waals surface area contributed by atoms with Gasteiger partial charge in [0.1, 0.15) is 0 Å². The largest absolute Gasteiger partial charge is 0.395 e. The summed E-state index contributed by atoms with van der Waals surface area (Å²) in [5.74, 6) is 0. The highest BCUT2D eigenvalue weighted by molar-refractivity contribution is 4.97. The molecule has 0 aromatic heterocycles. The summed E-state index contributed by atoms with van der Waals surface area (Å²) in [4.78, 5) is 0. The van der Waals surface area contributed by atoms with Gasteiger partial charge in [-0.2, -0.15) is 0 Å². The lowest BCUT2D eigenvalue weighted by molar-refractivity contribution is 0.0214. The summed E-state index contributed by atoms with van der Waals surface area (Å²) >= 11 is 0. The van der Waals surface area contributed by atoms with Crippen LogP contribution in [-0.4, -0.2) is 185 Å². The third-order valence-corrected chi connectivity index (χ3v) is 7.79. The molecule has 0 saturated carbocycles. The number of rotatable bonds is 4. The Morgan fingerprint density at radius 1 is 0.325 bits per heavy atom. The minimum Gasteiger partial charge on any atom is -0.395 e. The standard InChI is InChI=1S/4C6H13NO3/c4*1-3-5(9)6(10)4(2-8)7-3/h4*3-10H,2H2,1H3/t2*3-,4+,5?,6?;2*3-,4-,5?,6?/m1010/s1. The van der Waals surface area contributed by atoms with Gasteiger partial charge in [-0.25, -0.2) is 0 Å². The van der Waals surface area contributed by atoms with Crippen molar-refractivity contribution in [3.05, 3.63) is 0 Å². The molecule has 4 saturated heterocycles. The Morgan fingerprint density at radius 3 is 0.525 bits per heavy atom. The Balaban J connectivity index is 0.000000267. The quantitative estimate of drug-likeness (QED) is 0.145. The molecule has 4 fully saturated rings. The molecule has 4 aliphatic heterocycles. The molecule has 16 N–H and O–H groups in total. The second-order valence-corrected chi connectivity index (χ2v) is 10.9. The molecule has 0 spiro atoms. The van der Waals surface area contributed by atoms with E-state index in [1.165, 1.54) is 0 Å². The lowest BCUT2D eigenvalue weighted by Crippen LogP contribution is -2.36. The van der Waals surface area contributed by atoms with Crippen LogP contribution in [0.2, 0.25) is 0 Å². The molecule has 16 nitrogen and oxygen atoms in total. The van der Waals surface area contributed by atoms with Crippen molar-refractivity contribution < 1.29 is 61.3 Å². The molecule has 0 bridgehead atoms. The molecule has 0 radical (unpaired) electrons. The smallest absolute Gasteiger partial charge is 0.0989 e. The van der Waals surface area contributed by atoms with Crippen molar-refractivity contribution in [3.63, 3.8) is 0 Å². The van der Waals surface area contributed by atoms with E-state index in [1.54, 1.807) is 27.7 Å². The molecule has 4 rings (SSSR count). The zero-order chi connectivity index (χ0) is 30.9.